The number of carbonyl (C=O) groups is 11. The minimum absolute atomic E-state index is 0.00577. The van der Waals surface area contributed by atoms with Crippen LogP contribution in [0.5, 0.6) is 0 Å². The molecule has 472 valence electrons. The van der Waals surface area contributed by atoms with Gasteiger partial charge in [0.25, 0.3) is 0 Å². The minimum Gasteiger partial charge on any atom is -0.390 e. The lowest BCUT2D eigenvalue weighted by atomic mass is 9.91. The summed E-state index contributed by atoms with van der Waals surface area (Å²) < 4.78 is 0. The fourth-order valence-corrected chi connectivity index (χ4v) is 10.3. The zero-order valence-electron chi connectivity index (χ0n) is 53.7. The number of rotatable bonds is 13. The first-order chi connectivity index (χ1) is 39.0. The maximum absolute atomic E-state index is 15.1. The van der Waals surface area contributed by atoms with Gasteiger partial charge in [-0.3, -0.25) is 52.7 Å². The molecule has 1 heterocycles. The molecule has 23 heteroatoms. The Morgan fingerprint density at radius 2 is 1.05 bits per heavy atom. The second-order valence-corrected chi connectivity index (χ2v) is 24.3. The van der Waals surface area contributed by atoms with Gasteiger partial charge in [-0.1, -0.05) is 112 Å². The molecule has 1 aromatic carbocycles. The highest BCUT2D eigenvalue weighted by molar-refractivity contribution is 5.99. The van der Waals surface area contributed by atoms with Crippen molar-refractivity contribution in [2.45, 2.75) is 183 Å². The second-order valence-electron chi connectivity index (χ2n) is 24.3. The van der Waals surface area contributed by atoms with Crippen molar-refractivity contribution in [1.29, 1.82) is 0 Å². The third kappa shape index (κ3) is 20.1. The van der Waals surface area contributed by atoms with Crippen LogP contribution < -0.4 is 21.3 Å². The number of nitrogens with one attached hydrogen (secondary N) is 4. The number of amides is 11. The summed E-state index contributed by atoms with van der Waals surface area (Å²) in [7, 11) is 9.77. The molecule has 0 bridgehead atoms. The molecule has 1 aliphatic rings. The van der Waals surface area contributed by atoms with Crippen LogP contribution in [0.4, 0.5) is 0 Å². The van der Waals surface area contributed by atoms with Gasteiger partial charge >= 0.3 is 0 Å². The van der Waals surface area contributed by atoms with Crippen LogP contribution in [0.15, 0.2) is 42.5 Å². The molecule has 1 saturated heterocycles. The van der Waals surface area contributed by atoms with Crippen molar-refractivity contribution in [3.63, 3.8) is 0 Å². The fourth-order valence-electron chi connectivity index (χ4n) is 10.3. The molecule has 0 aliphatic carbocycles. The van der Waals surface area contributed by atoms with Crippen molar-refractivity contribution >= 4 is 65.0 Å². The van der Waals surface area contributed by atoms with E-state index in [9.17, 15) is 48.3 Å². The summed E-state index contributed by atoms with van der Waals surface area (Å²) in [4.78, 5) is 167. The molecule has 0 radical (unpaired) electrons. The van der Waals surface area contributed by atoms with Crippen LogP contribution >= 0.6 is 0 Å². The summed E-state index contributed by atoms with van der Waals surface area (Å²) in [5.74, 6) is -9.71. The summed E-state index contributed by atoms with van der Waals surface area (Å²) in [5.41, 5.74) is 0.672. The normalized spacial score (nSPS) is 26.0. The molecule has 5 N–H and O–H groups in total. The number of hydrogen-bond donors (Lipinski definition) is 5. The van der Waals surface area contributed by atoms with Crippen molar-refractivity contribution in [2.75, 3.05) is 62.4 Å². The van der Waals surface area contributed by atoms with Crippen molar-refractivity contribution in [1.82, 2.24) is 55.6 Å². The Morgan fingerprint density at radius 1 is 0.536 bits per heavy atom. The van der Waals surface area contributed by atoms with Gasteiger partial charge in [-0.05, 0) is 81.6 Å². The number of nitrogens with zero attached hydrogens (tertiary/aromatic N) is 7. The largest absolute Gasteiger partial charge is 0.390 e. The third-order valence-electron chi connectivity index (χ3n) is 15.6. The van der Waals surface area contributed by atoms with Crippen molar-refractivity contribution in [2.24, 2.45) is 29.6 Å². The number of hydrogen-bond acceptors (Lipinski definition) is 12. The van der Waals surface area contributed by atoms with Gasteiger partial charge in [-0.2, -0.15) is 0 Å². The van der Waals surface area contributed by atoms with Crippen LogP contribution in [0.2, 0.25) is 0 Å². The van der Waals surface area contributed by atoms with Crippen LogP contribution in [0, 0.1) is 29.6 Å². The Morgan fingerprint density at radius 3 is 1.55 bits per heavy atom. The summed E-state index contributed by atoms with van der Waals surface area (Å²) in [6.45, 7) is 21.2. The number of likely N-dealkylation sites (N-methyl/N-ethyl adjacent to an activating group) is 7. The lowest BCUT2D eigenvalue weighted by Crippen LogP contribution is -2.63. The van der Waals surface area contributed by atoms with Crippen molar-refractivity contribution in [3.8, 4) is 0 Å². The Kier molecular flexibility index (Phi) is 29.2. The highest BCUT2D eigenvalue weighted by Crippen LogP contribution is 2.25. The molecule has 11 atom stereocenters. The van der Waals surface area contributed by atoms with E-state index in [0.717, 1.165) is 14.7 Å². The van der Waals surface area contributed by atoms with E-state index in [1.54, 1.807) is 91.0 Å². The topological polar surface area (TPSA) is 279 Å². The molecular formula is C61H101N11O12. The average Bonchev–Trinajstić information content (AvgIpc) is 2.81. The van der Waals surface area contributed by atoms with Crippen LogP contribution in [0.3, 0.4) is 0 Å². The first-order valence-electron chi connectivity index (χ1n) is 29.4. The number of allylic oxidation sites excluding steroid dienone is 2. The molecule has 2 rings (SSSR count). The van der Waals surface area contributed by atoms with E-state index in [2.05, 4.69) is 21.3 Å². The van der Waals surface area contributed by atoms with Gasteiger partial charge in [0.05, 0.1) is 19.2 Å². The van der Waals surface area contributed by atoms with Crippen LogP contribution in [0.1, 0.15) is 121 Å². The van der Waals surface area contributed by atoms with Gasteiger partial charge < -0.3 is 60.7 Å². The molecular weight excluding hydrogens is 1080 g/mol. The molecule has 84 heavy (non-hydrogen) atoms. The molecule has 11 amide bonds. The maximum atomic E-state index is 15.1. The lowest BCUT2D eigenvalue weighted by molar-refractivity contribution is -0.157. The predicted molar refractivity (Wildman–Crippen MR) is 321 cm³/mol. The zero-order chi connectivity index (χ0) is 64.4. The SMILES string of the molecule is C/C=C/C[C@@H](C)[C@@H](O)[C@H]1C(=O)N[C@@H](CC)C(=O)N(C)CC(=O)N(C)[C@@H](Cc2ccccc2)C(=O)N[C@@H](C(C)C)C(=O)N(C)CC(=O)N[C@@H](C)C(=O)N[C@H](C)C(=O)N(C)[C@@H](CC(C)C)C(=O)N(C)[C@H](CC(C)C)C(=O)N(C)[C@@H](C(C)C)C(=O)N1C. The quantitative estimate of drug-likeness (QED) is 0.178. The Bertz CT molecular complexity index is 2470. The van der Waals surface area contributed by atoms with E-state index in [4.69, 9.17) is 0 Å². The van der Waals surface area contributed by atoms with Gasteiger partial charge in [0.1, 0.15) is 54.4 Å². The van der Waals surface area contributed by atoms with Crippen LogP contribution in [-0.4, -0.2) is 227 Å². The van der Waals surface area contributed by atoms with Crippen molar-refractivity contribution < 1.29 is 57.8 Å². The third-order valence-corrected chi connectivity index (χ3v) is 15.6. The predicted octanol–water partition coefficient (Wildman–Crippen LogP) is 2.05. The van der Waals surface area contributed by atoms with Gasteiger partial charge in [0.15, 0.2) is 0 Å². The van der Waals surface area contributed by atoms with Gasteiger partial charge in [0.2, 0.25) is 65.0 Å². The minimum atomic E-state index is -1.62. The Balaban J connectivity index is 2.91. The highest BCUT2D eigenvalue weighted by Gasteiger charge is 2.45. The Hall–Kier alpha value is -6.91. The summed E-state index contributed by atoms with van der Waals surface area (Å²) in [6, 6.07) is -2.48. The molecule has 23 nitrogen and oxygen atoms in total. The van der Waals surface area contributed by atoms with Gasteiger partial charge in [-0.15, -0.1) is 0 Å². The molecule has 1 fully saturated rings. The smallest absolute Gasteiger partial charge is 0.246 e. The number of benzene rings is 1. The van der Waals surface area contributed by atoms with Crippen LogP contribution in [0.25, 0.3) is 0 Å². The number of carbonyl (C=O) groups excluding carboxylic acids is 11. The summed E-state index contributed by atoms with van der Waals surface area (Å²) >= 11 is 0. The van der Waals surface area contributed by atoms with Crippen LogP contribution in [-0.2, 0) is 59.2 Å². The molecule has 0 saturated carbocycles. The number of aliphatic hydroxyl groups is 1. The average molecular weight is 1180 g/mol. The molecule has 1 aromatic rings. The highest BCUT2D eigenvalue weighted by atomic mass is 16.3. The molecule has 0 spiro atoms. The zero-order valence-corrected chi connectivity index (χ0v) is 53.7. The summed E-state index contributed by atoms with van der Waals surface area (Å²) in [6.07, 6.45) is 2.68. The van der Waals surface area contributed by atoms with E-state index in [1.165, 1.54) is 82.8 Å². The molecule has 0 unspecified atom stereocenters. The molecule has 1 aliphatic heterocycles. The standard InChI is InChI=1S/C61H101N11O12/c1-21-23-27-39(11)52(75)51-55(78)64-43(22-2)57(80)67(15)34-48(74)68(16)44(32-42-28-25-24-26-29-42)54(77)65-49(37(7)8)60(83)66(14)33-47(73)62-40(12)53(76)63-41(13)56(79)69(17)45(30-35(3)4)58(81)70(18)46(31-36(5)6)59(82)71(19)50(38(9)10)61(84)72(51)20/h21,23-26,28-29,35-41,43-46,49-52,75H,22,27,30-34H2,1-20H3,(H,62,73)(H,63,76)(H,64,78)(H,65,77)/b23-21+/t39-,40+,41-,43+,44+,45+,46-,49+,50+,51+,52-/m1/s1. The second kappa shape index (κ2) is 33.5. The van der Waals surface area contributed by atoms with E-state index >= 15 is 9.59 Å². The number of aliphatic hydroxyl groups excluding tert-OH is 1. The monoisotopic (exact) mass is 1180 g/mol. The summed E-state index contributed by atoms with van der Waals surface area (Å²) in [5, 5.41) is 22.8. The first kappa shape index (κ1) is 73.2. The first-order valence-corrected chi connectivity index (χ1v) is 29.4. The maximum Gasteiger partial charge on any atom is 0.246 e. The van der Waals surface area contributed by atoms with Gasteiger partial charge in [-0.25, -0.2) is 0 Å². The fraction of sp³-hybridized carbons (Fsp3) is 0.689. The van der Waals surface area contributed by atoms with E-state index < -0.39 is 156 Å². The van der Waals surface area contributed by atoms with Crippen molar-refractivity contribution in [3.05, 3.63) is 48.0 Å². The Labute approximate surface area is 499 Å². The van der Waals surface area contributed by atoms with E-state index in [-0.39, 0.29) is 37.5 Å². The van der Waals surface area contributed by atoms with E-state index in [1.807, 2.05) is 27.7 Å². The lowest BCUT2D eigenvalue weighted by Gasteiger charge is -2.41. The molecule has 0 aromatic heterocycles. The van der Waals surface area contributed by atoms with Gasteiger partial charge in [0, 0.05) is 55.8 Å². The van der Waals surface area contributed by atoms with E-state index in [0.29, 0.717) is 12.0 Å².